The number of aliphatic hydroxyl groups excluding tert-OH is 3. The van der Waals surface area contributed by atoms with E-state index < -0.39 is 11.9 Å². The van der Waals surface area contributed by atoms with Gasteiger partial charge in [-0.1, -0.05) is 25.1 Å². The topological polar surface area (TPSA) is 104 Å². The molecule has 0 bridgehead atoms. The van der Waals surface area contributed by atoms with Crippen molar-refractivity contribution in [3.05, 3.63) is 35.4 Å². The van der Waals surface area contributed by atoms with Crippen molar-refractivity contribution in [2.24, 2.45) is 0 Å². The number of hydrogen-bond donors (Lipinski definition) is 3. The fourth-order valence-corrected chi connectivity index (χ4v) is 1.21. The van der Waals surface area contributed by atoms with E-state index in [-0.39, 0.29) is 46.0 Å². The Hall–Kier alpha value is -0.877. The third-order valence-electron chi connectivity index (χ3n) is 1.85. The van der Waals surface area contributed by atoms with E-state index in [1.807, 2.05) is 19.1 Å². The molecule has 0 aliphatic heterocycles. The second-order valence-electron chi connectivity index (χ2n) is 3.84. The SMILES string of the molecule is CCO.CCO.CCO.CCc1ccccc1C(=O)OC(C)=O.[Zr]. The first-order valence-electron chi connectivity index (χ1n) is 7.52. The molecule has 0 saturated carbocycles. The minimum atomic E-state index is -0.582. The van der Waals surface area contributed by atoms with Crippen LogP contribution in [0.5, 0.6) is 0 Å². The van der Waals surface area contributed by atoms with Crippen molar-refractivity contribution in [2.45, 2.75) is 41.0 Å². The average Bonchev–Trinajstić information content (AvgIpc) is 2.49. The van der Waals surface area contributed by atoms with E-state index >= 15 is 0 Å². The van der Waals surface area contributed by atoms with Gasteiger partial charge in [0.05, 0.1) is 5.56 Å². The summed E-state index contributed by atoms with van der Waals surface area (Å²) in [7, 11) is 0. The summed E-state index contributed by atoms with van der Waals surface area (Å²) in [6.45, 7) is 8.95. The molecule has 1 aromatic rings. The summed E-state index contributed by atoms with van der Waals surface area (Å²) >= 11 is 0. The molecule has 0 aromatic heterocycles. The van der Waals surface area contributed by atoms with Crippen LogP contribution in [0.15, 0.2) is 24.3 Å². The van der Waals surface area contributed by atoms with Crippen molar-refractivity contribution >= 4 is 11.9 Å². The van der Waals surface area contributed by atoms with E-state index in [9.17, 15) is 9.59 Å². The zero-order chi connectivity index (χ0) is 18.7. The largest absolute Gasteiger partial charge is 0.397 e. The van der Waals surface area contributed by atoms with Crippen molar-refractivity contribution in [1.82, 2.24) is 0 Å². The number of rotatable bonds is 2. The molecule has 0 fully saturated rings. The number of ether oxygens (including phenoxy) is 1. The van der Waals surface area contributed by atoms with Crippen LogP contribution in [0.25, 0.3) is 0 Å². The first-order chi connectivity index (χ1) is 10.9. The summed E-state index contributed by atoms with van der Waals surface area (Å²) in [5.41, 5.74) is 1.35. The normalized spacial score (nSPS) is 7.83. The van der Waals surface area contributed by atoms with Crippen LogP contribution in [0.3, 0.4) is 0 Å². The summed E-state index contributed by atoms with van der Waals surface area (Å²) < 4.78 is 4.50. The van der Waals surface area contributed by atoms with Gasteiger partial charge in [-0.3, -0.25) is 4.79 Å². The molecule has 0 amide bonds. The summed E-state index contributed by atoms with van der Waals surface area (Å²) in [5.74, 6) is -1.16. The third-order valence-corrected chi connectivity index (χ3v) is 1.85. The maximum atomic E-state index is 11.4. The van der Waals surface area contributed by atoms with Gasteiger partial charge in [-0.25, -0.2) is 4.79 Å². The number of esters is 2. The molecule has 138 valence electrons. The Morgan fingerprint density at radius 1 is 0.917 bits per heavy atom. The molecule has 0 spiro atoms. The predicted octanol–water partition coefficient (Wildman–Crippen LogP) is 1.95. The second kappa shape index (κ2) is 24.4. The van der Waals surface area contributed by atoms with Crippen LogP contribution < -0.4 is 0 Å². The monoisotopic (exact) mass is 420 g/mol. The van der Waals surface area contributed by atoms with Gasteiger partial charge in [0.1, 0.15) is 0 Å². The van der Waals surface area contributed by atoms with Crippen molar-refractivity contribution in [1.29, 1.82) is 0 Å². The van der Waals surface area contributed by atoms with Crippen LogP contribution in [0.4, 0.5) is 0 Å². The number of aliphatic hydroxyl groups is 3. The zero-order valence-corrected chi connectivity index (χ0v) is 17.7. The van der Waals surface area contributed by atoms with Crippen LogP contribution in [-0.2, 0) is 42.2 Å². The molecule has 0 aliphatic rings. The van der Waals surface area contributed by atoms with Gasteiger partial charge in [0.2, 0.25) is 0 Å². The molecule has 0 aliphatic carbocycles. The molecule has 7 heteroatoms. The smallest absolute Gasteiger partial charge is 0.346 e. The third kappa shape index (κ3) is 21.1. The van der Waals surface area contributed by atoms with Gasteiger partial charge < -0.3 is 20.1 Å². The molecular weight excluding hydrogens is 391 g/mol. The van der Waals surface area contributed by atoms with Crippen molar-refractivity contribution in [3.8, 4) is 0 Å². The van der Waals surface area contributed by atoms with E-state index in [2.05, 4.69) is 4.74 Å². The van der Waals surface area contributed by atoms with Crippen LogP contribution >= 0.6 is 0 Å². The van der Waals surface area contributed by atoms with E-state index in [0.717, 1.165) is 12.0 Å². The van der Waals surface area contributed by atoms with Gasteiger partial charge in [-0.2, -0.15) is 0 Å². The molecule has 0 atom stereocenters. The van der Waals surface area contributed by atoms with Crippen molar-refractivity contribution < 1.29 is 55.8 Å². The number of carbonyl (C=O) groups excluding carboxylic acids is 2. The predicted molar refractivity (Wildman–Crippen MR) is 90.2 cm³/mol. The summed E-state index contributed by atoms with van der Waals surface area (Å²) in [6, 6.07) is 7.10. The molecule has 24 heavy (non-hydrogen) atoms. The Morgan fingerprint density at radius 2 is 1.29 bits per heavy atom. The van der Waals surface area contributed by atoms with Gasteiger partial charge in [-0.15, -0.1) is 0 Å². The fraction of sp³-hybridized carbons (Fsp3) is 0.529. The number of hydrogen-bond acceptors (Lipinski definition) is 6. The van der Waals surface area contributed by atoms with Gasteiger partial charge >= 0.3 is 11.9 Å². The van der Waals surface area contributed by atoms with E-state index in [1.165, 1.54) is 6.92 Å². The minimum Gasteiger partial charge on any atom is -0.397 e. The summed E-state index contributed by atoms with van der Waals surface area (Å²) in [5, 5.41) is 22.7. The van der Waals surface area contributed by atoms with Crippen molar-refractivity contribution in [3.63, 3.8) is 0 Å². The molecule has 0 heterocycles. The Morgan fingerprint density at radius 3 is 1.62 bits per heavy atom. The molecule has 1 aromatic carbocycles. The molecule has 1 rings (SSSR count). The van der Waals surface area contributed by atoms with Gasteiger partial charge in [0.15, 0.2) is 0 Å². The van der Waals surface area contributed by atoms with Gasteiger partial charge in [-0.05, 0) is 38.8 Å². The Kier molecular flexibility index (Phi) is 31.4. The van der Waals surface area contributed by atoms with Gasteiger partial charge in [0, 0.05) is 52.9 Å². The molecule has 6 nitrogen and oxygen atoms in total. The summed E-state index contributed by atoms with van der Waals surface area (Å²) in [4.78, 5) is 22.0. The molecule has 0 unspecified atom stereocenters. The summed E-state index contributed by atoms with van der Waals surface area (Å²) in [6.07, 6.45) is 0.739. The maximum absolute atomic E-state index is 11.4. The van der Waals surface area contributed by atoms with Crippen LogP contribution in [-0.4, -0.2) is 47.1 Å². The first-order valence-corrected chi connectivity index (χ1v) is 7.52. The van der Waals surface area contributed by atoms with Crippen molar-refractivity contribution in [2.75, 3.05) is 19.8 Å². The Balaban J connectivity index is -0.000000169. The fourth-order valence-electron chi connectivity index (χ4n) is 1.21. The molecule has 0 saturated heterocycles. The first kappa shape index (κ1) is 30.9. The molecule has 0 radical (unpaired) electrons. The second-order valence-corrected chi connectivity index (χ2v) is 3.84. The number of aryl methyl sites for hydroxylation is 1. The van der Waals surface area contributed by atoms with Gasteiger partial charge in [0.25, 0.3) is 0 Å². The number of benzene rings is 1. The zero-order valence-electron chi connectivity index (χ0n) is 15.2. The standard InChI is InChI=1S/C11H12O3.3C2H6O.Zr/c1-3-9-6-4-5-7-10(9)11(13)14-8(2)12;3*1-2-3;/h4-7H,3H2,1-2H3;3*3H,2H2,1H3;. The quantitative estimate of drug-likeness (QED) is 0.498. The van der Waals surface area contributed by atoms with Crippen LogP contribution in [0.2, 0.25) is 0 Å². The van der Waals surface area contributed by atoms with E-state index in [0.29, 0.717) is 5.56 Å². The Labute approximate surface area is 164 Å². The molecular formula is C17H30O6Zr. The van der Waals surface area contributed by atoms with Crippen LogP contribution in [0.1, 0.15) is 50.5 Å². The maximum Gasteiger partial charge on any atom is 0.346 e. The minimum absolute atomic E-state index is 0. The number of carbonyl (C=O) groups is 2. The average molecular weight is 422 g/mol. The Bertz CT molecular complexity index is 405. The van der Waals surface area contributed by atoms with E-state index in [1.54, 1.807) is 32.9 Å². The molecule has 3 N–H and O–H groups in total. The van der Waals surface area contributed by atoms with E-state index in [4.69, 9.17) is 15.3 Å². The van der Waals surface area contributed by atoms with Crippen LogP contribution in [0, 0.1) is 0 Å².